The van der Waals surface area contributed by atoms with E-state index in [-0.39, 0.29) is 12.2 Å². The summed E-state index contributed by atoms with van der Waals surface area (Å²) in [6, 6.07) is 5.03. The van der Waals surface area contributed by atoms with Crippen molar-refractivity contribution in [2.24, 2.45) is 0 Å². The minimum atomic E-state index is -1.09. The van der Waals surface area contributed by atoms with E-state index in [4.69, 9.17) is 23.2 Å². The summed E-state index contributed by atoms with van der Waals surface area (Å²) in [5.41, 5.74) is 1.18. The molecule has 3 rings (SSSR count). The minimum Gasteiger partial charge on any atom is -0.477 e. The van der Waals surface area contributed by atoms with E-state index < -0.39 is 5.97 Å². The number of nitrogens with zero attached hydrogens (tertiary/aromatic N) is 4. The van der Waals surface area contributed by atoms with Crippen LogP contribution in [0, 0.1) is 0 Å². The van der Waals surface area contributed by atoms with E-state index in [0.29, 0.717) is 27.1 Å². The zero-order valence-electron chi connectivity index (χ0n) is 11.6. The number of hydrogen-bond donors (Lipinski definition) is 1. The van der Waals surface area contributed by atoms with Gasteiger partial charge < -0.3 is 9.67 Å². The van der Waals surface area contributed by atoms with E-state index in [1.54, 1.807) is 18.2 Å². The predicted octanol–water partition coefficient (Wildman–Crippen LogP) is 3.39. The van der Waals surface area contributed by atoms with Crippen molar-refractivity contribution >= 4 is 29.2 Å². The van der Waals surface area contributed by atoms with Crippen molar-refractivity contribution in [2.45, 2.75) is 6.54 Å². The number of aromatic carboxylic acids is 1. The number of hydrogen-bond acceptors (Lipinski definition) is 4. The van der Waals surface area contributed by atoms with Crippen LogP contribution in [-0.4, -0.2) is 30.6 Å². The molecule has 0 atom stereocenters. The normalized spacial score (nSPS) is 10.7. The first-order valence-corrected chi connectivity index (χ1v) is 7.31. The van der Waals surface area contributed by atoms with Gasteiger partial charge in [0.1, 0.15) is 11.4 Å². The number of carboxylic acid groups (broad SMARTS) is 1. The Labute approximate surface area is 141 Å². The second-order valence-electron chi connectivity index (χ2n) is 4.68. The van der Waals surface area contributed by atoms with Crippen LogP contribution in [-0.2, 0) is 6.54 Å². The molecule has 0 aliphatic carbocycles. The molecule has 0 spiro atoms. The van der Waals surface area contributed by atoms with E-state index in [2.05, 4.69) is 15.0 Å². The first-order chi connectivity index (χ1) is 11.1. The van der Waals surface area contributed by atoms with Gasteiger partial charge in [-0.3, -0.25) is 4.98 Å². The summed E-state index contributed by atoms with van der Waals surface area (Å²) >= 11 is 12.2. The number of imidazole rings is 1. The SMILES string of the molecule is O=C(O)c1cnc(-c2cnccn2)n1Cc1cc(Cl)ccc1Cl. The number of rotatable bonds is 4. The fourth-order valence-corrected chi connectivity index (χ4v) is 2.53. The second kappa shape index (κ2) is 6.36. The lowest BCUT2D eigenvalue weighted by Gasteiger charge is -2.11. The van der Waals surface area contributed by atoms with Gasteiger partial charge in [-0.15, -0.1) is 0 Å². The van der Waals surface area contributed by atoms with E-state index in [1.807, 2.05) is 0 Å². The lowest BCUT2D eigenvalue weighted by molar-refractivity contribution is 0.0686. The third kappa shape index (κ3) is 3.18. The molecule has 0 bridgehead atoms. The van der Waals surface area contributed by atoms with Gasteiger partial charge in [0.25, 0.3) is 0 Å². The molecule has 1 aromatic carbocycles. The standard InChI is InChI=1S/C15H10Cl2N4O2/c16-10-1-2-11(17)9(5-10)8-21-13(15(22)23)7-20-14(21)12-6-18-3-4-19-12/h1-7H,8H2,(H,22,23). The summed E-state index contributed by atoms with van der Waals surface area (Å²) in [4.78, 5) is 23.8. The molecule has 23 heavy (non-hydrogen) atoms. The highest BCUT2D eigenvalue weighted by molar-refractivity contribution is 6.33. The first kappa shape index (κ1) is 15.5. The Hall–Kier alpha value is -2.44. The molecule has 0 radical (unpaired) electrons. The van der Waals surface area contributed by atoms with E-state index in [9.17, 15) is 9.90 Å². The lowest BCUT2D eigenvalue weighted by atomic mass is 10.2. The molecule has 0 amide bonds. The summed E-state index contributed by atoms with van der Waals surface area (Å²) < 4.78 is 1.52. The number of carbonyl (C=O) groups is 1. The van der Waals surface area contributed by atoms with Crippen molar-refractivity contribution in [3.8, 4) is 11.5 Å². The van der Waals surface area contributed by atoms with Crippen LogP contribution in [0.3, 0.4) is 0 Å². The summed E-state index contributed by atoms with van der Waals surface area (Å²) in [6.45, 7) is 0.201. The van der Waals surface area contributed by atoms with Crippen LogP contribution in [0.25, 0.3) is 11.5 Å². The second-order valence-corrected chi connectivity index (χ2v) is 5.53. The molecule has 0 aliphatic rings. The van der Waals surface area contributed by atoms with Crippen molar-refractivity contribution in [3.63, 3.8) is 0 Å². The van der Waals surface area contributed by atoms with Crippen molar-refractivity contribution in [3.05, 3.63) is 64.3 Å². The van der Waals surface area contributed by atoms with Crippen LogP contribution in [0.2, 0.25) is 10.0 Å². The molecule has 0 aliphatic heterocycles. The van der Waals surface area contributed by atoms with Gasteiger partial charge in [-0.25, -0.2) is 14.8 Å². The topological polar surface area (TPSA) is 80.9 Å². The van der Waals surface area contributed by atoms with Gasteiger partial charge in [-0.2, -0.15) is 0 Å². The maximum absolute atomic E-state index is 11.5. The van der Waals surface area contributed by atoms with Gasteiger partial charge in [-0.1, -0.05) is 23.2 Å². The lowest BCUT2D eigenvalue weighted by Crippen LogP contribution is -2.11. The van der Waals surface area contributed by atoms with E-state index >= 15 is 0 Å². The van der Waals surface area contributed by atoms with Crippen LogP contribution in [0.5, 0.6) is 0 Å². The Morgan fingerprint density at radius 1 is 1.17 bits per heavy atom. The molecule has 1 N–H and O–H groups in total. The van der Waals surface area contributed by atoms with E-state index in [1.165, 1.54) is 29.4 Å². The smallest absolute Gasteiger partial charge is 0.354 e. The molecule has 2 aromatic heterocycles. The predicted molar refractivity (Wildman–Crippen MR) is 85.8 cm³/mol. The summed E-state index contributed by atoms with van der Waals surface area (Å²) in [6.07, 6.45) is 5.85. The first-order valence-electron chi connectivity index (χ1n) is 6.55. The highest BCUT2D eigenvalue weighted by Crippen LogP contribution is 2.25. The third-order valence-electron chi connectivity index (χ3n) is 3.20. The van der Waals surface area contributed by atoms with Crippen molar-refractivity contribution in [1.82, 2.24) is 19.5 Å². The summed E-state index contributed by atoms with van der Waals surface area (Å²) in [5.74, 6) is -0.697. The Kier molecular flexibility index (Phi) is 4.27. The zero-order valence-corrected chi connectivity index (χ0v) is 13.2. The Morgan fingerprint density at radius 3 is 2.70 bits per heavy atom. The van der Waals surface area contributed by atoms with Crippen LogP contribution >= 0.6 is 23.2 Å². The van der Waals surface area contributed by atoms with Crippen LogP contribution in [0.1, 0.15) is 16.1 Å². The Morgan fingerprint density at radius 2 is 2.00 bits per heavy atom. The molecule has 0 saturated carbocycles. The highest BCUT2D eigenvalue weighted by Gasteiger charge is 2.19. The average Bonchev–Trinajstić information content (AvgIpc) is 2.95. The van der Waals surface area contributed by atoms with Gasteiger partial charge in [0.2, 0.25) is 0 Å². The highest BCUT2D eigenvalue weighted by atomic mass is 35.5. The van der Waals surface area contributed by atoms with Gasteiger partial charge >= 0.3 is 5.97 Å². The van der Waals surface area contributed by atoms with Gasteiger partial charge in [0, 0.05) is 22.4 Å². The molecular weight excluding hydrogens is 339 g/mol. The number of benzene rings is 1. The van der Waals surface area contributed by atoms with Gasteiger partial charge in [0.05, 0.1) is 18.9 Å². The molecular formula is C15H10Cl2N4O2. The molecule has 0 saturated heterocycles. The van der Waals surface area contributed by atoms with Crippen molar-refractivity contribution in [2.75, 3.05) is 0 Å². The summed E-state index contributed by atoms with van der Waals surface area (Å²) in [7, 11) is 0. The number of carboxylic acids is 1. The Balaban J connectivity index is 2.11. The Bertz CT molecular complexity index is 865. The fourth-order valence-electron chi connectivity index (χ4n) is 2.16. The maximum atomic E-state index is 11.5. The van der Waals surface area contributed by atoms with Crippen LogP contribution in [0.15, 0.2) is 43.0 Å². The van der Waals surface area contributed by atoms with Crippen LogP contribution < -0.4 is 0 Å². The molecule has 0 fully saturated rings. The zero-order chi connectivity index (χ0) is 16.4. The monoisotopic (exact) mass is 348 g/mol. The van der Waals surface area contributed by atoms with E-state index in [0.717, 1.165) is 0 Å². The fraction of sp³-hybridized carbons (Fsp3) is 0.0667. The molecule has 3 aromatic rings. The maximum Gasteiger partial charge on any atom is 0.354 e. The molecule has 6 nitrogen and oxygen atoms in total. The summed E-state index contributed by atoms with van der Waals surface area (Å²) in [5, 5.41) is 10.4. The third-order valence-corrected chi connectivity index (χ3v) is 3.81. The number of halogens is 2. The van der Waals surface area contributed by atoms with Crippen molar-refractivity contribution < 1.29 is 9.90 Å². The van der Waals surface area contributed by atoms with Gasteiger partial charge in [-0.05, 0) is 23.8 Å². The number of aromatic nitrogens is 4. The van der Waals surface area contributed by atoms with Crippen molar-refractivity contribution in [1.29, 1.82) is 0 Å². The molecule has 2 heterocycles. The largest absolute Gasteiger partial charge is 0.477 e. The van der Waals surface area contributed by atoms with Crippen LogP contribution in [0.4, 0.5) is 0 Å². The van der Waals surface area contributed by atoms with Gasteiger partial charge in [0.15, 0.2) is 5.82 Å². The molecule has 116 valence electrons. The molecule has 8 heteroatoms. The minimum absolute atomic E-state index is 0.0293. The average molecular weight is 349 g/mol. The molecule has 0 unspecified atom stereocenters. The quantitative estimate of drug-likeness (QED) is 0.781.